The summed E-state index contributed by atoms with van der Waals surface area (Å²) >= 11 is 17.1. The number of pyridine rings is 1. The van der Waals surface area contributed by atoms with Gasteiger partial charge in [0.25, 0.3) is 0 Å². The molecule has 0 unspecified atom stereocenters. The van der Waals surface area contributed by atoms with Crippen molar-refractivity contribution in [3.05, 3.63) is 45.3 Å². The number of nitrogens with two attached hydrogens (primary N) is 1. The molecule has 0 aliphatic carbocycles. The smallest absolute Gasteiger partial charge is 0.237 e. The Bertz CT molecular complexity index is 584. The Morgan fingerprint density at radius 2 is 1.83 bits per heavy atom. The lowest BCUT2D eigenvalue weighted by Crippen LogP contribution is -1.96. The lowest BCUT2D eigenvalue weighted by atomic mass is 10.3. The van der Waals surface area contributed by atoms with Crippen LogP contribution < -0.4 is 10.5 Å². The average Bonchev–Trinajstić information content (AvgIpc) is 2.31. The molecule has 94 valence electrons. The lowest BCUT2D eigenvalue weighted by molar-refractivity contribution is 0.446. The van der Waals surface area contributed by atoms with Crippen LogP contribution in [0.1, 0.15) is 0 Å². The van der Waals surface area contributed by atoms with Crippen LogP contribution in [-0.2, 0) is 0 Å². The number of anilines is 1. The van der Waals surface area contributed by atoms with Gasteiger partial charge in [-0.3, -0.25) is 0 Å². The summed E-state index contributed by atoms with van der Waals surface area (Å²) in [5.74, 6) is -0.558. The van der Waals surface area contributed by atoms with E-state index in [0.29, 0.717) is 15.8 Å². The van der Waals surface area contributed by atoms with Crippen LogP contribution in [0, 0.1) is 5.95 Å². The van der Waals surface area contributed by atoms with Crippen LogP contribution in [0.25, 0.3) is 0 Å². The molecule has 1 aromatic heterocycles. The van der Waals surface area contributed by atoms with Crippen molar-refractivity contribution in [3.63, 3.8) is 0 Å². The topological polar surface area (TPSA) is 48.1 Å². The second-order valence-corrected chi connectivity index (χ2v) is 4.52. The third-order valence-electron chi connectivity index (χ3n) is 2.04. The van der Waals surface area contributed by atoms with Crippen LogP contribution in [0.2, 0.25) is 15.1 Å². The standard InChI is InChI=1S/C11H6Cl3FN2O/c12-6-2-1-5(3-7(6)13)18-9-4-8(16)10(14)11(15)17-9/h1-4H,(H2,16,17). The molecule has 0 saturated carbocycles. The molecule has 0 aliphatic heterocycles. The number of aromatic nitrogens is 1. The molecule has 7 heteroatoms. The summed E-state index contributed by atoms with van der Waals surface area (Å²) in [6.45, 7) is 0. The minimum Gasteiger partial charge on any atom is -0.439 e. The summed E-state index contributed by atoms with van der Waals surface area (Å²) in [4.78, 5) is 3.50. The molecule has 2 aromatic rings. The minimum atomic E-state index is -0.897. The summed E-state index contributed by atoms with van der Waals surface area (Å²) in [6.07, 6.45) is 0. The van der Waals surface area contributed by atoms with Gasteiger partial charge in [-0.2, -0.15) is 9.37 Å². The van der Waals surface area contributed by atoms with Crippen molar-refractivity contribution < 1.29 is 9.13 Å². The van der Waals surface area contributed by atoms with E-state index in [1.165, 1.54) is 12.1 Å². The van der Waals surface area contributed by atoms with Crippen molar-refractivity contribution in [3.8, 4) is 11.6 Å². The minimum absolute atomic E-state index is 0.0206. The number of rotatable bonds is 2. The summed E-state index contributed by atoms with van der Waals surface area (Å²) < 4.78 is 18.5. The zero-order valence-corrected chi connectivity index (χ0v) is 11.0. The van der Waals surface area contributed by atoms with Gasteiger partial charge in [-0.05, 0) is 12.1 Å². The fourth-order valence-corrected chi connectivity index (χ4v) is 1.59. The molecular formula is C11H6Cl3FN2O. The fraction of sp³-hybridized carbons (Fsp3) is 0. The van der Waals surface area contributed by atoms with Crippen LogP contribution in [0.15, 0.2) is 24.3 Å². The zero-order chi connectivity index (χ0) is 13.3. The Balaban J connectivity index is 2.31. The first-order valence-electron chi connectivity index (χ1n) is 4.72. The predicted molar refractivity (Wildman–Crippen MR) is 70.2 cm³/mol. The van der Waals surface area contributed by atoms with Gasteiger partial charge >= 0.3 is 0 Å². The first kappa shape index (κ1) is 13.2. The second-order valence-electron chi connectivity index (χ2n) is 3.33. The number of halogens is 4. The van der Waals surface area contributed by atoms with Gasteiger partial charge in [-0.1, -0.05) is 34.8 Å². The highest BCUT2D eigenvalue weighted by molar-refractivity contribution is 6.42. The molecule has 1 heterocycles. The SMILES string of the molecule is Nc1cc(Oc2ccc(Cl)c(Cl)c2)nc(F)c1Cl. The summed E-state index contributed by atoms with van der Waals surface area (Å²) in [7, 11) is 0. The van der Waals surface area contributed by atoms with Crippen molar-refractivity contribution in [2.45, 2.75) is 0 Å². The van der Waals surface area contributed by atoms with Crippen molar-refractivity contribution in [1.29, 1.82) is 0 Å². The Morgan fingerprint density at radius 3 is 2.44 bits per heavy atom. The molecule has 18 heavy (non-hydrogen) atoms. The monoisotopic (exact) mass is 306 g/mol. The predicted octanol–water partition coefficient (Wildman–Crippen LogP) is 4.56. The number of nitrogen functional groups attached to an aromatic ring is 1. The van der Waals surface area contributed by atoms with Crippen molar-refractivity contribution in [2.75, 3.05) is 5.73 Å². The van der Waals surface area contributed by atoms with Gasteiger partial charge in [0.1, 0.15) is 10.8 Å². The summed E-state index contributed by atoms with van der Waals surface area (Å²) in [5, 5.41) is 0.465. The van der Waals surface area contributed by atoms with Gasteiger partial charge in [-0.25, -0.2) is 0 Å². The molecule has 1 aromatic carbocycles. The van der Waals surface area contributed by atoms with Gasteiger partial charge in [0.15, 0.2) is 0 Å². The van der Waals surface area contributed by atoms with Gasteiger partial charge in [0.2, 0.25) is 11.8 Å². The molecule has 0 aliphatic rings. The Morgan fingerprint density at radius 1 is 1.11 bits per heavy atom. The van der Waals surface area contributed by atoms with E-state index in [9.17, 15) is 4.39 Å². The van der Waals surface area contributed by atoms with Crippen LogP contribution in [0.5, 0.6) is 11.6 Å². The second kappa shape index (κ2) is 5.18. The summed E-state index contributed by atoms with van der Waals surface area (Å²) in [6, 6.07) is 5.91. The van der Waals surface area contributed by atoms with E-state index in [4.69, 9.17) is 45.3 Å². The van der Waals surface area contributed by atoms with Crippen LogP contribution >= 0.6 is 34.8 Å². The lowest BCUT2D eigenvalue weighted by Gasteiger charge is -2.07. The number of nitrogens with zero attached hydrogens (tertiary/aromatic N) is 1. The molecular weight excluding hydrogens is 301 g/mol. The van der Waals surface area contributed by atoms with Crippen LogP contribution in [0.4, 0.5) is 10.1 Å². The first-order chi connectivity index (χ1) is 8.47. The number of hydrogen-bond acceptors (Lipinski definition) is 3. The molecule has 0 bridgehead atoms. The molecule has 0 fully saturated rings. The van der Waals surface area contributed by atoms with Crippen molar-refractivity contribution >= 4 is 40.5 Å². The highest BCUT2D eigenvalue weighted by atomic mass is 35.5. The fourth-order valence-electron chi connectivity index (χ4n) is 1.21. The Hall–Kier alpha value is -1.23. The molecule has 0 radical (unpaired) electrons. The van der Waals surface area contributed by atoms with E-state index < -0.39 is 5.95 Å². The van der Waals surface area contributed by atoms with E-state index in [1.807, 2.05) is 0 Å². The third-order valence-corrected chi connectivity index (χ3v) is 3.15. The van der Waals surface area contributed by atoms with Gasteiger partial charge in [-0.15, -0.1) is 0 Å². The third kappa shape index (κ3) is 2.77. The van der Waals surface area contributed by atoms with Crippen molar-refractivity contribution in [2.24, 2.45) is 0 Å². The van der Waals surface area contributed by atoms with Gasteiger partial charge in [0, 0.05) is 12.1 Å². The van der Waals surface area contributed by atoms with Gasteiger partial charge < -0.3 is 10.5 Å². The number of ether oxygens (including phenoxy) is 1. The van der Waals surface area contributed by atoms with E-state index in [1.54, 1.807) is 12.1 Å². The normalized spacial score (nSPS) is 10.4. The molecule has 0 spiro atoms. The highest BCUT2D eigenvalue weighted by Gasteiger charge is 2.10. The maximum Gasteiger partial charge on any atom is 0.237 e. The Labute approximate surface area is 117 Å². The molecule has 0 amide bonds. The van der Waals surface area contributed by atoms with Crippen LogP contribution in [-0.4, -0.2) is 4.98 Å². The van der Waals surface area contributed by atoms with Crippen LogP contribution in [0.3, 0.4) is 0 Å². The highest BCUT2D eigenvalue weighted by Crippen LogP contribution is 2.31. The Kier molecular flexibility index (Phi) is 3.80. The van der Waals surface area contributed by atoms with Crippen molar-refractivity contribution in [1.82, 2.24) is 4.98 Å². The largest absolute Gasteiger partial charge is 0.439 e. The molecule has 0 atom stereocenters. The molecule has 3 nitrogen and oxygen atoms in total. The number of benzene rings is 1. The van der Waals surface area contributed by atoms with E-state index >= 15 is 0 Å². The summed E-state index contributed by atoms with van der Waals surface area (Å²) in [5.41, 5.74) is 5.53. The number of hydrogen-bond donors (Lipinski definition) is 1. The van der Waals surface area contributed by atoms with E-state index in [2.05, 4.69) is 4.98 Å². The zero-order valence-electron chi connectivity index (χ0n) is 8.75. The average molecular weight is 308 g/mol. The molecule has 2 rings (SSSR count). The molecule has 0 saturated heterocycles. The maximum absolute atomic E-state index is 13.2. The maximum atomic E-state index is 13.2. The quantitative estimate of drug-likeness (QED) is 0.828. The van der Waals surface area contributed by atoms with Gasteiger partial charge in [0.05, 0.1) is 15.7 Å². The molecule has 2 N–H and O–H groups in total. The van der Waals surface area contributed by atoms with E-state index in [0.717, 1.165) is 0 Å². The van der Waals surface area contributed by atoms with E-state index in [-0.39, 0.29) is 16.6 Å². The first-order valence-corrected chi connectivity index (χ1v) is 5.85.